The number of aliphatic hydroxyl groups is 1. The molecular formula is C16H22N2O3S. The number of aliphatic hydroxyl groups excluding tert-OH is 1. The monoisotopic (exact) mass is 322 g/mol. The first-order chi connectivity index (χ1) is 10.7. The minimum atomic E-state index is -0.672. The minimum Gasteiger partial charge on any atom is -0.466 e. The molecule has 22 heavy (non-hydrogen) atoms. The van der Waals surface area contributed by atoms with Gasteiger partial charge in [0.1, 0.15) is 11.9 Å². The van der Waals surface area contributed by atoms with Gasteiger partial charge in [0.15, 0.2) is 0 Å². The Labute approximate surface area is 134 Å². The van der Waals surface area contributed by atoms with Gasteiger partial charge in [-0.3, -0.25) is 4.79 Å². The van der Waals surface area contributed by atoms with E-state index in [1.54, 1.807) is 6.20 Å². The second-order valence-corrected chi connectivity index (χ2v) is 5.99. The predicted molar refractivity (Wildman–Crippen MR) is 85.7 cm³/mol. The van der Waals surface area contributed by atoms with Crippen LogP contribution in [0.15, 0.2) is 29.9 Å². The number of hydrogen-bond donors (Lipinski definition) is 1. The van der Waals surface area contributed by atoms with Crippen LogP contribution in [-0.2, 0) is 16.1 Å². The van der Waals surface area contributed by atoms with E-state index >= 15 is 0 Å². The van der Waals surface area contributed by atoms with E-state index in [1.165, 1.54) is 11.3 Å². The van der Waals surface area contributed by atoms with Gasteiger partial charge >= 0.3 is 5.97 Å². The molecule has 2 rings (SSSR count). The molecule has 0 aromatic carbocycles. The zero-order valence-electron chi connectivity index (χ0n) is 12.8. The van der Waals surface area contributed by atoms with Crippen LogP contribution in [0, 0.1) is 0 Å². The molecule has 0 radical (unpaired) electrons. The fraction of sp³-hybridized carbons (Fsp3) is 0.500. The largest absolute Gasteiger partial charge is 0.466 e. The summed E-state index contributed by atoms with van der Waals surface area (Å²) >= 11 is 1.52. The van der Waals surface area contributed by atoms with Gasteiger partial charge in [0.2, 0.25) is 0 Å². The average molecular weight is 322 g/mol. The molecule has 5 nitrogen and oxygen atoms in total. The molecule has 0 spiro atoms. The topological polar surface area (TPSA) is 64.4 Å². The first-order valence-electron chi connectivity index (χ1n) is 7.60. The van der Waals surface area contributed by atoms with Gasteiger partial charge in [-0.25, -0.2) is 4.98 Å². The highest BCUT2D eigenvalue weighted by Gasteiger charge is 2.16. The molecule has 2 aromatic heterocycles. The molecular weight excluding hydrogens is 300 g/mol. The van der Waals surface area contributed by atoms with Crippen molar-refractivity contribution < 1.29 is 14.6 Å². The molecule has 6 heteroatoms. The zero-order valence-corrected chi connectivity index (χ0v) is 13.6. The number of aromatic nitrogens is 2. The van der Waals surface area contributed by atoms with Crippen molar-refractivity contribution in [3.05, 3.63) is 40.6 Å². The maximum Gasteiger partial charge on any atom is 0.305 e. The van der Waals surface area contributed by atoms with Crippen molar-refractivity contribution in [1.29, 1.82) is 0 Å². The van der Waals surface area contributed by atoms with E-state index in [9.17, 15) is 9.90 Å². The van der Waals surface area contributed by atoms with Crippen LogP contribution >= 0.6 is 11.3 Å². The molecule has 0 amide bonds. The van der Waals surface area contributed by atoms with E-state index in [0.29, 0.717) is 18.9 Å². The van der Waals surface area contributed by atoms with Crippen LogP contribution in [0.2, 0.25) is 0 Å². The van der Waals surface area contributed by atoms with Gasteiger partial charge in [-0.1, -0.05) is 12.5 Å². The van der Waals surface area contributed by atoms with E-state index in [0.717, 1.165) is 30.7 Å². The Morgan fingerprint density at radius 1 is 1.45 bits per heavy atom. The summed E-state index contributed by atoms with van der Waals surface area (Å²) in [6.07, 6.45) is 6.13. The van der Waals surface area contributed by atoms with E-state index in [4.69, 9.17) is 4.74 Å². The third-order valence-corrected chi connectivity index (χ3v) is 4.31. The van der Waals surface area contributed by atoms with Crippen LogP contribution in [0.1, 0.15) is 49.4 Å². The summed E-state index contributed by atoms with van der Waals surface area (Å²) in [4.78, 5) is 16.4. The molecule has 0 bridgehead atoms. The van der Waals surface area contributed by atoms with Crippen LogP contribution in [0.4, 0.5) is 0 Å². The molecule has 0 aliphatic rings. The van der Waals surface area contributed by atoms with E-state index < -0.39 is 6.10 Å². The Morgan fingerprint density at radius 2 is 2.32 bits per heavy atom. The van der Waals surface area contributed by atoms with Crippen molar-refractivity contribution >= 4 is 17.3 Å². The summed E-state index contributed by atoms with van der Waals surface area (Å²) in [6.45, 7) is 3.05. The second kappa shape index (κ2) is 8.70. The summed E-state index contributed by atoms with van der Waals surface area (Å²) in [7, 11) is 0. The average Bonchev–Trinajstić information content (AvgIpc) is 3.18. The Balaban J connectivity index is 1.77. The molecule has 1 N–H and O–H groups in total. The predicted octanol–water partition coefficient (Wildman–Crippen LogP) is 3.15. The van der Waals surface area contributed by atoms with Gasteiger partial charge in [0, 0.05) is 30.2 Å². The number of carbonyl (C=O) groups is 1. The summed E-state index contributed by atoms with van der Waals surface area (Å²) in [5, 5.41) is 12.3. The van der Waals surface area contributed by atoms with Crippen LogP contribution in [-0.4, -0.2) is 27.2 Å². The lowest BCUT2D eigenvalue weighted by Crippen LogP contribution is -2.09. The number of imidazole rings is 1. The number of rotatable bonds is 9. The maximum absolute atomic E-state index is 11.2. The minimum absolute atomic E-state index is 0.126. The highest BCUT2D eigenvalue weighted by atomic mass is 32.1. The Kier molecular flexibility index (Phi) is 6.61. The Bertz CT molecular complexity index is 566. The zero-order chi connectivity index (χ0) is 15.8. The number of aryl methyl sites for hydroxylation is 1. The molecule has 1 atom stereocenters. The van der Waals surface area contributed by atoms with Crippen molar-refractivity contribution in [2.75, 3.05) is 6.61 Å². The number of carbonyl (C=O) groups excluding carboxylic acids is 1. The van der Waals surface area contributed by atoms with Crippen molar-refractivity contribution in [2.24, 2.45) is 0 Å². The summed E-state index contributed by atoms with van der Waals surface area (Å²) in [5.41, 5.74) is 0. The first kappa shape index (κ1) is 16.7. The third-order valence-electron chi connectivity index (χ3n) is 3.39. The van der Waals surface area contributed by atoms with Crippen LogP contribution in [0.5, 0.6) is 0 Å². The van der Waals surface area contributed by atoms with Crippen molar-refractivity contribution in [3.63, 3.8) is 0 Å². The molecule has 0 aliphatic carbocycles. The van der Waals surface area contributed by atoms with Gasteiger partial charge < -0.3 is 14.4 Å². The normalized spacial score (nSPS) is 12.3. The third kappa shape index (κ3) is 4.68. The van der Waals surface area contributed by atoms with Crippen molar-refractivity contribution in [2.45, 2.75) is 45.3 Å². The summed E-state index contributed by atoms with van der Waals surface area (Å²) in [5.74, 6) is 0.548. The number of ether oxygens (including phenoxy) is 1. The molecule has 2 aromatic rings. The lowest BCUT2D eigenvalue weighted by molar-refractivity contribution is -0.143. The molecule has 0 saturated heterocycles. The summed E-state index contributed by atoms with van der Waals surface area (Å²) in [6, 6.07) is 3.83. The van der Waals surface area contributed by atoms with Crippen molar-refractivity contribution in [3.8, 4) is 0 Å². The molecule has 0 fully saturated rings. The molecule has 0 aliphatic heterocycles. The van der Waals surface area contributed by atoms with Gasteiger partial charge in [-0.15, -0.1) is 11.3 Å². The highest BCUT2D eigenvalue weighted by Crippen LogP contribution is 2.24. The molecule has 0 saturated carbocycles. The van der Waals surface area contributed by atoms with E-state index in [2.05, 4.69) is 4.98 Å². The van der Waals surface area contributed by atoms with E-state index in [1.807, 2.05) is 35.2 Å². The van der Waals surface area contributed by atoms with Crippen LogP contribution < -0.4 is 0 Å². The standard InChI is InChI=1S/C16H22N2O3S/c1-2-21-14(19)8-4-3-5-10-18-11-9-17-16(18)15(20)13-7-6-12-22-13/h6-7,9,11-12,15,20H,2-5,8,10H2,1H3. The van der Waals surface area contributed by atoms with Gasteiger partial charge in [-0.05, 0) is 31.2 Å². The number of nitrogens with zero attached hydrogens (tertiary/aromatic N) is 2. The van der Waals surface area contributed by atoms with Crippen LogP contribution in [0.3, 0.4) is 0 Å². The fourth-order valence-corrected chi connectivity index (χ4v) is 3.00. The quantitative estimate of drug-likeness (QED) is 0.569. The number of unbranched alkanes of at least 4 members (excludes halogenated alkanes) is 2. The van der Waals surface area contributed by atoms with Gasteiger partial charge in [0.25, 0.3) is 0 Å². The smallest absolute Gasteiger partial charge is 0.305 e. The van der Waals surface area contributed by atoms with E-state index in [-0.39, 0.29) is 5.97 Å². The first-order valence-corrected chi connectivity index (χ1v) is 8.48. The van der Waals surface area contributed by atoms with Gasteiger partial charge in [0.05, 0.1) is 6.61 Å². The molecule has 2 heterocycles. The lowest BCUT2D eigenvalue weighted by atomic mass is 10.2. The second-order valence-electron chi connectivity index (χ2n) is 5.01. The number of esters is 1. The fourth-order valence-electron chi connectivity index (χ4n) is 2.29. The van der Waals surface area contributed by atoms with Crippen LogP contribution in [0.25, 0.3) is 0 Å². The summed E-state index contributed by atoms with van der Waals surface area (Å²) < 4.78 is 6.88. The Morgan fingerprint density at radius 3 is 3.05 bits per heavy atom. The maximum atomic E-state index is 11.2. The number of hydrogen-bond acceptors (Lipinski definition) is 5. The van der Waals surface area contributed by atoms with Gasteiger partial charge in [-0.2, -0.15) is 0 Å². The Hall–Kier alpha value is -1.66. The highest BCUT2D eigenvalue weighted by molar-refractivity contribution is 7.10. The number of thiophene rings is 1. The molecule has 120 valence electrons. The molecule has 1 unspecified atom stereocenters. The lowest BCUT2D eigenvalue weighted by Gasteiger charge is -2.12. The van der Waals surface area contributed by atoms with Crippen molar-refractivity contribution in [1.82, 2.24) is 9.55 Å². The SMILES string of the molecule is CCOC(=O)CCCCCn1ccnc1C(O)c1cccs1.